The van der Waals surface area contributed by atoms with Gasteiger partial charge in [-0.25, -0.2) is 9.59 Å². The molecule has 1 amide bonds. The third-order valence-electron chi connectivity index (χ3n) is 2.72. The third kappa shape index (κ3) is 3.50. The third-order valence-corrected chi connectivity index (χ3v) is 2.72. The van der Waals surface area contributed by atoms with Crippen LogP contribution in [0, 0.1) is 6.92 Å². The predicted octanol–water partition coefficient (Wildman–Crippen LogP) is 3.01. The highest BCUT2D eigenvalue weighted by Crippen LogP contribution is 2.25. The summed E-state index contributed by atoms with van der Waals surface area (Å²) in [6, 6.07) is 10.8. The monoisotopic (exact) mass is 287 g/mol. The number of aromatic carboxylic acids is 1. The van der Waals surface area contributed by atoms with Crippen LogP contribution in [0.3, 0.4) is 0 Å². The zero-order chi connectivity index (χ0) is 15.4. The van der Waals surface area contributed by atoms with Gasteiger partial charge < -0.3 is 14.9 Å². The van der Waals surface area contributed by atoms with Crippen molar-refractivity contribution >= 4 is 17.7 Å². The molecule has 0 heterocycles. The standard InChI is InChI=1S/C15H13NO5/c1-9-5-7-10(8-6-9)21-15(20)16-11-3-2-4-12(17)13(11)14(18)19/h2-8,17H,1H3,(H,16,20)(H,18,19). The van der Waals surface area contributed by atoms with Crippen LogP contribution in [0.5, 0.6) is 11.5 Å². The Morgan fingerprint density at radius 3 is 2.38 bits per heavy atom. The second kappa shape index (κ2) is 5.96. The first-order valence-corrected chi connectivity index (χ1v) is 6.08. The summed E-state index contributed by atoms with van der Waals surface area (Å²) < 4.78 is 5.02. The number of benzene rings is 2. The number of hydrogen-bond acceptors (Lipinski definition) is 4. The van der Waals surface area contributed by atoms with Crippen LogP contribution in [0.15, 0.2) is 42.5 Å². The van der Waals surface area contributed by atoms with Gasteiger partial charge in [-0.3, -0.25) is 5.32 Å². The number of carboxylic acid groups (broad SMARTS) is 1. The zero-order valence-corrected chi connectivity index (χ0v) is 11.2. The maximum atomic E-state index is 11.7. The minimum Gasteiger partial charge on any atom is -0.507 e. The van der Waals surface area contributed by atoms with Gasteiger partial charge in [0.2, 0.25) is 0 Å². The number of carbonyl (C=O) groups is 2. The van der Waals surface area contributed by atoms with Crippen molar-refractivity contribution in [1.29, 1.82) is 0 Å². The number of carbonyl (C=O) groups excluding carboxylic acids is 1. The predicted molar refractivity (Wildman–Crippen MR) is 75.9 cm³/mol. The summed E-state index contributed by atoms with van der Waals surface area (Å²) in [4.78, 5) is 22.8. The van der Waals surface area contributed by atoms with Crippen molar-refractivity contribution in [2.24, 2.45) is 0 Å². The van der Waals surface area contributed by atoms with Crippen molar-refractivity contribution in [2.75, 3.05) is 5.32 Å². The smallest absolute Gasteiger partial charge is 0.417 e. The summed E-state index contributed by atoms with van der Waals surface area (Å²) in [6.07, 6.45) is -0.841. The van der Waals surface area contributed by atoms with E-state index >= 15 is 0 Å². The number of ether oxygens (including phenoxy) is 1. The highest BCUT2D eigenvalue weighted by atomic mass is 16.6. The molecule has 3 N–H and O–H groups in total. The summed E-state index contributed by atoms with van der Waals surface area (Å²) in [5.41, 5.74) is 0.585. The van der Waals surface area contributed by atoms with Gasteiger partial charge in [0.1, 0.15) is 17.1 Å². The Bertz CT molecular complexity index is 679. The molecule has 0 saturated heterocycles. The van der Waals surface area contributed by atoms with Crippen LogP contribution in [-0.4, -0.2) is 22.3 Å². The van der Waals surface area contributed by atoms with Crippen molar-refractivity contribution < 1.29 is 24.5 Å². The lowest BCUT2D eigenvalue weighted by Gasteiger charge is -2.10. The number of aryl methyl sites for hydroxylation is 1. The summed E-state index contributed by atoms with van der Waals surface area (Å²) in [5.74, 6) is -1.45. The molecule has 0 fully saturated rings. The molecule has 0 aliphatic carbocycles. The van der Waals surface area contributed by atoms with E-state index in [4.69, 9.17) is 9.84 Å². The van der Waals surface area contributed by atoms with Crippen LogP contribution in [0.4, 0.5) is 10.5 Å². The summed E-state index contributed by atoms with van der Waals surface area (Å²) in [5, 5.41) is 20.8. The van der Waals surface area contributed by atoms with E-state index < -0.39 is 23.4 Å². The van der Waals surface area contributed by atoms with Gasteiger partial charge in [-0.2, -0.15) is 0 Å². The quantitative estimate of drug-likeness (QED) is 0.806. The number of aromatic hydroxyl groups is 1. The van der Waals surface area contributed by atoms with Crippen molar-refractivity contribution in [3.63, 3.8) is 0 Å². The second-order valence-corrected chi connectivity index (χ2v) is 4.33. The molecule has 0 aromatic heterocycles. The topological polar surface area (TPSA) is 95.9 Å². The Labute approximate surface area is 120 Å². The fourth-order valence-corrected chi connectivity index (χ4v) is 1.72. The second-order valence-electron chi connectivity index (χ2n) is 4.33. The van der Waals surface area contributed by atoms with Gasteiger partial charge in [0.15, 0.2) is 0 Å². The van der Waals surface area contributed by atoms with Crippen LogP contribution in [-0.2, 0) is 0 Å². The van der Waals surface area contributed by atoms with Crippen molar-refractivity contribution in [3.05, 3.63) is 53.6 Å². The van der Waals surface area contributed by atoms with Crippen molar-refractivity contribution in [3.8, 4) is 11.5 Å². The van der Waals surface area contributed by atoms with Crippen molar-refractivity contribution in [1.82, 2.24) is 0 Å². The number of rotatable bonds is 3. The van der Waals surface area contributed by atoms with Gasteiger partial charge in [0.05, 0.1) is 5.69 Å². The van der Waals surface area contributed by atoms with Crippen LogP contribution in [0.25, 0.3) is 0 Å². The minimum atomic E-state index is -1.35. The molecule has 6 nitrogen and oxygen atoms in total. The van der Waals surface area contributed by atoms with E-state index in [0.717, 1.165) is 5.56 Å². The first-order chi connectivity index (χ1) is 9.97. The van der Waals surface area contributed by atoms with Crippen molar-refractivity contribution in [2.45, 2.75) is 6.92 Å². The van der Waals surface area contributed by atoms with E-state index in [9.17, 15) is 14.7 Å². The van der Waals surface area contributed by atoms with Crippen LogP contribution in [0.1, 0.15) is 15.9 Å². The Morgan fingerprint density at radius 1 is 1.10 bits per heavy atom. The fourth-order valence-electron chi connectivity index (χ4n) is 1.72. The first kappa shape index (κ1) is 14.4. The molecule has 2 aromatic rings. The molecule has 0 spiro atoms. The molecule has 2 aromatic carbocycles. The average molecular weight is 287 g/mol. The highest BCUT2D eigenvalue weighted by molar-refractivity contribution is 6.01. The van der Waals surface area contributed by atoms with E-state index in [0.29, 0.717) is 5.75 Å². The SMILES string of the molecule is Cc1ccc(OC(=O)Nc2cccc(O)c2C(=O)O)cc1. The largest absolute Gasteiger partial charge is 0.507 e. The molecule has 0 radical (unpaired) electrons. The van der Waals surface area contributed by atoms with E-state index in [1.54, 1.807) is 24.3 Å². The van der Waals surface area contributed by atoms with Gasteiger partial charge in [0, 0.05) is 0 Å². The molecular weight excluding hydrogens is 274 g/mol. The molecule has 0 aliphatic heterocycles. The van der Waals surface area contributed by atoms with E-state index in [1.165, 1.54) is 18.2 Å². The number of nitrogens with one attached hydrogen (secondary N) is 1. The average Bonchev–Trinajstić information content (AvgIpc) is 2.41. The molecule has 0 bridgehead atoms. The van der Waals surface area contributed by atoms with Gasteiger partial charge in [-0.05, 0) is 31.2 Å². The highest BCUT2D eigenvalue weighted by Gasteiger charge is 2.17. The number of carboxylic acids is 1. The molecule has 2 rings (SSSR count). The maximum Gasteiger partial charge on any atom is 0.417 e. The van der Waals surface area contributed by atoms with Crippen LogP contribution >= 0.6 is 0 Å². The normalized spacial score (nSPS) is 9.95. The molecule has 0 aliphatic rings. The van der Waals surface area contributed by atoms with Gasteiger partial charge >= 0.3 is 12.1 Å². The Balaban J connectivity index is 2.15. The first-order valence-electron chi connectivity index (χ1n) is 6.08. The van der Waals surface area contributed by atoms with Gasteiger partial charge in [0.25, 0.3) is 0 Å². The van der Waals surface area contributed by atoms with E-state index in [1.807, 2.05) is 6.92 Å². The molecule has 108 valence electrons. The number of hydrogen-bond donors (Lipinski definition) is 3. The molecule has 21 heavy (non-hydrogen) atoms. The molecule has 6 heteroatoms. The number of amides is 1. The Kier molecular flexibility index (Phi) is 4.08. The molecular formula is C15H13NO5. The fraction of sp³-hybridized carbons (Fsp3) is 0.0667. The minimum absolute atomic E-state index is 0.0420. The number of anilines is 1. The lowest BCUT2D eigenvalue weighted by Crippen LogP contribution is -2.18. The van der Waals surface area contributed by atoms with Gasteiger partial charge in [-0.15, -0.1) is 0 Å². The number of phenols is 1. The summed E-state index contributed by atoms with van der Waals surface area (Å²) in [7, 11) is 0. The maximum absolute atomic E-state index is 11.7. The summed E-state index contributed by atoms with van der Waals surface area (Å²) in [6.45, 7) is 1.90. The Hall–Kier alpha value is -3.02. The van der Waals surface area contributed by atoms with E-state index in [-0.39, 0.29) is 5.69 Å². The molecule has 0 atom stereocenters. The van der Waals surface area contributed by atoms with Gasteiger partial charge in [-0.1, -0.05) is 23.8 Å². The lowest BCUT2D eigenvalue weighted by molar-refractivity contribution is 0.0695. The van der Waals surface area contributed by atoms with Crippen LogP contribution in [0.2, 0.25) is 0 Å². The Morgan fingerprint density at radius 2 is 1.76 bits per heavy atom. The lowest BCUT2D eigenvalue weighted by atomic mass is 10.1. The molecule has 0 saturated carbocycles. The van der Waals surface area contributed by atoms with Crippen LogP contribution < -0.4 is 10.1 Å². The zero-order valence-electron chi connectivity index (χ0n) is 11.2. The summed E-state index contributed by atoms with van der Waals surface area (Å²) >= 11 is 0. The molecule has 0 unspecified atom stereocenters. The van der Waals surface area contributed by atoms with E-state index in [2.05, 4.69) is 5.32 Å².